The number of hydrogen-bond acceptors (Lipinski definition) is 5. The highest BCUT2D eigenvalue weighted by molar-refractivity contribution is 7.98. The predicted molar refractivity (Wildman–Crippen MR) is 136 cm³/mol. The lowest BCUT2D eigenvalue weighted by molar-refractivity contribution is -0.118. The van der Waals surface area contributed by atoms with Crippen molar-refractivity contribution in [3.63, 3.8) is 0 Å². The summed E-state index contributed by atoms with van der Waals surface area (Å²) in [6.07, 6.45) is -0.373. The largest absolute Gasteiger partial charge is 0.507 e. The maximum atomic E-state index is 13.1. The van der Waals surface area contributed by atoms with Gasteiger partial charge in [0, 0.05) is 28.8 Å². The van der Waals surface area contributed by atoms with Gasteiger partial charge in [-0.25, -0.2) is 4.79 Å². The van der Waals surface area contributed by atoms with Crippen LogP contribution < -0.4 is 10.6 Å². The molecule has 0 radical (unpaired) electrons. The first-order valence-electron chi connectivity index (χ1n) is 11.0. The average Bonchev–Trinajstić information content (AvgIpc) is 2.78. The first kappa shape index (κ1) is 25.2. The van der Waals surface area contributed by atoms with Gasteiger partial charge in [0.25, 0.3) is 0 Å². The first-order chi connectivity index (χ1) is 16.2. The Morgan fingerprint density at radius 1 is 0.941 bits per heavy atom. The van der Waals surface area contributed by atoms with Crippen LogP contribution in [-0.2, 0) is 21.7 Å². The Bertz CT molecular complexity index is 1100. The molecule has 7 heteroatoms. The Morgan fingerprint density at radius 2 is 1.56 bits per heavy atom. The normalized spacial score (nSPS) is 12.0. The molecule has 0 bridgehead atoms. The number of benzene rings is 3. The van der Waals surface area contributed by atoms with Crippen LogP contribution in [0.3, 0.4) is 0 Å². The van der Waals surface area contributed by atoms with Gasteiger partial charge in [0.05, 0.1) is 0 Å². The van der Waals surface area contributed by atoms with E-state index in [1.807, 2.05) is 60.7 Å². The van der Waals surface area contributed by atoms with Gasteiger partial charge >= 0.3 is 6.09 Å². The predicted octanol–water partition coefficient (Wildman–Crippen LogP) is 5.76. The number of anilines is 1. The van der Waals surface area contributed by atoms with Crippen molar-refractivity contribution in [2.24, 2.45) is 0 Å². The second-order valence-electron chi connectivity index (χ2n) is 8.83. The Morgan fingerprint density at radius 3 is 2.15 bits per heavy atom. The number of phenols is 1. The summed E-state index contributed by atoms with van der Waals surface area (Å²) in [5, 5.41) is 15.9. The summed E-state index contributed by atoms with van der Waals surface area (Å²) in [6.45, 7) is 5.29. The van der Waals surface area contributed by atoms with Crippen LogP contribution in [0, 0.1) is 0 Å². The number of rotatable bonds is 8. The van der Waals surface area contributed by atoms with Gasteiger partial charge in [0.2, 0.25) is 5.91 Å². The van der Waals surface area contributed by atoms with Gasteiger partial charge in [-0.3, -0.25) is 4.79 Å². The molecule has 178 valence electrons. The molecular weight excluding hydrogens is 448 g/mol. The molecule has 3 aromatic carbocycles. The topological polar surface area (TPSA) is 87.7 Å². The number of alkyl carbamates (subject to hydrolysis) is 1. The number of ether oxygens (including phenoxy) is 1. The fourth-order valence-electron chi connectivity index (χ4n) is 3.19. The maximum Gasteiger partial charge on any atom is 0.408 e. The highest BCUT2D eigenvalue weighted by Crippen LogP contribution is 2.33. The van der Waals surface area contributed by atoms with E-state index < -0.39 is 23.6 Å². The monoisotopic (exact) mass is 478 g/mol. The van der Waals surface area contributed by atoms with E-state index in [2.05, 4.69) is 10.6 Å². The molecule has 0 aliphatic carbocycles. The average molecular weight is 479 g/mol. The van der Waals surface area contributed by atoms with Crippen LogP contribution in [0.4, 0.5) is 10.5 Å². The zero-order valence-electron chi connectivity index (χ0n) is 19.6. The molecule has 0 saturated heterocycles. The summed E-state index contributed by atoms with van der Waals surface area (Å²) in [4.78, 5) is 26.1. The summed E-state index contributed by atoms with van der Waals surface area (Å²) in [6, 6.07) is 23.6. The number of hydrogen-bond donors (Lipinski definition) is 3. The number of phenolic OH excluding ortho intramolecular Hbond substituents is 1. The number of thioether (sulfide) groups is 1. The molecule has 0 fully saturated rings. The lowest BCUT2D eigenvalue weighted by Gasteiger charge is -2.23. The second kappa shape index (κ2) is 11.6. The van der Waals surface area contributed by atoms with Crippen molar-refractivity contribution < 1.29 is 19.4 Å². The van der Waals surface area contributed by atoms with E-state index in [9.17, 15) is 14.7 Å². The van der Waals surface area contributed by atoms with Crippen molar-refractivity contribution in [3.05, 3.63) is 90.0 Å². The van der Waals surface area contributed by atoms with Crippen LogP contribution in [-0.4, -0.2) is 28.7 Å². The number of nitrogens with one attached hydrogen (secondary N) is 2. The molecule has 1 atom stereocenters. The van der Waals surface area contributed by atoms with Crippen LogP contribution in [0.2, 0.25) is 0 Å². The highest BCUT2D eigenvalue weighted by atomic mass is 32.2. The van der Waals surface area contributed by atoms with Gasteiger partial charge in [-0.2, -0.15) is 0 Å². The summed E-state index contributed by atoms with van der Waals surface area (Å²) >= 11 is 1.51. The van der Waals surface area contributed by atoms with Crippen LogP contribution >= 0.6 is 11.8 Å². The molecular formula is C27H30N2O4S. The van der Waals surface area contributed by atoms with E-state index in [1.54, 1.807) is 32.9 Å². The molecule has 6 nitrogen and oxygen atoms in total. The zero-order valence-corrected chi connectivity index (χ0v) is 20.4. The van der Waals surface area contributed by atoms with Gasteiger partial charge in [0.15, 0.2) is 0 Å². The van der Waals surface area contributed by atoms with Crippen molar-refractivity contribution in [1.29, 1.82) is 0 Å². The highest BCUT2D eigenvalue weighted by Gasteiger charge is 2.25. The number of amides is 2. The standard InChI is InChI=1S/C27H30N2O4S/c1-27(2,3)33-26(32)29-22(16-19-10-6-4-7-11-19)25(31)28-21-14-15-24(23(30)17-21)34-18-20-12-8-5-9-13-20/h4-15,17,22,30H,16,18H2,1-3H3,(H,28,31)(H,29,32). The smallest absolute Gasteiger partial charge is 0.408 e. The lowest BCUT2D eigenvalue weighted by Crippen LogP contribution is -2.47. The van der Waals surface area contributed by atoms with Crippen molar-refractivity contribution >= 4 is 29.4 Å². The van der Waals surface area contributed by atoms with Crippen LogP contribution in [0.25, 0.3) is 0 Å². The Kier molecular flexibility index (Phi) is 8.60. The molecule has 0 heterocycles. The molecule has 0 aliphatic rings. The quantitative estimate of drug-likeness (QED) is 0.358. The Hall–Kier alpha value is -3.45. The van der Waals surface area contributed by atoms with E-state index in [-0.39, 0.29) is 5.75 Å². The number of aromatic hydroxyl groups is 1. The van der Waals surface area contributed by atoms with Crippen LogP contribution in [0.1, 0.15) is 31.9 Å². The number of carbonyl (C=O) groups excluding carboxylic acids is 2. The third kappa shape index (κ3) is 8.15. The van der Waals surface area contributed by atoms with Crippen LogP contribution in [0.5, 0.6) is 5.75 Å². The number of carbonyl (C=O) groups is 2. The van der Waals surface area contributed by atoms with E-state index in [1.165, 1.54) is 17.8 Å². The van der Waals surface area contributed by atoms with E-state index >= 15 is 0 Å². The van der Waals surface area contributed by atoms with E-state index in [0.717, 1.165) is 21.8 Å². The summed E-state index contributed by atoms with van der Waals surface area (Å²) in [7, 11) is 0. The fraction of sp³-hybridized carbons (Fsp3) is 0.259. The van der Waals surface area contributed by atoms with Crippen molar-refractivity contribution in [3.8, 4) is 5.75 Å². The van der Waals surface area contributed by atoms with Gasteiger partial charge in [-0.1, -0.05) is 60.7 Å². The SMILES string of the molecule is CC(C)(C)OC(=O)NC(Cc1ccccc1)C(=O)Nc1ccc(SCc2ccccc2)c(O)c1. The van der Waals surface area contributed by atoms with Gasteiger partial charge in [-0.15, -0.1) is 11.8 Å². The van der Waals surface area contributed by atoms with Crippen LogP contribution in [0.15, 0.2) is 83.8 Å². The van der Waals surface area contributed by atoms with Gasteiger partial charge in [0.1, 0.15) is 17.4 Å². The molecule has 1 unspecified atom stereocenters. The summed E-state index contributed by atoms with van der Waals surface area (Å²) < 4.78 is 5.33. The van der Waals surface area contributed by atoms with Crippen molar-refractivity contribution in [2.75, 3.05) is 5.32 Å². The van der Waals surface area contributed by atoms with E-state index in [0.29, 0.717) is 12.1 Å². The zero-order chi connectivity index (χ0) is 24.6. The molecule has 2 amide bonds. The first-order valence-corrected chi connectivity index (χ1v) is 12.0. The van der Waals surface area contributed by atoms with Crippen molar-refractivity contribution in [2.45, 2.75) is 49.5 Å². The third-order valence-corrected chi connectivity index (χ3v) is 5.89. The van der Waals surface area contributed by atoms with Gasteiger partial charge in [-0.05, 0) is 44.0 Å². The van der Waals surface area contributed by atoms with Gasteiger partial charge < -0.3 is 20.5 Å². The van der Waals surface area contributed by atoms with E-state index in [4.69, 9.17) is 4.74 Å². The molecule has 34 heavy (non-hydrogen) atoms. The molecule has 0 spiro atoms. The molecule has 0 saturated carbocycles. The Balaban J connectivity index is 1.68. The molecule has 3 aromatic rings. The maximum absolute atomic E-state index is 13.1. The second-order valence-corrected chi connectivity index (χ2v) is 9.85. The minimum Gasteiger partial charge on any atom is -0.507 e. The van der Waals surface area contributed by atoms with Crippen molar-refractivity contribution in [1.82, 2.24) is 5.32 Å². The fourth-order valence-corrected chi connectivity index (χ4v) is 4.08. The molecule has 0 aliphatic heterocycles. The Labute approximate surface area is 204 Å². The molecule has 3 N–H and O–H groups in total. The third-order valence-electron chi connectivity index (χ3n) is 4.75. The minimum atomic E-state index is -0.855. The summed E-state index contributed by atoms with van der Waals surface area (Å²) in [5.41, 5.74) is 1.81. The molecule has 3 rings (SSSR count). The minimum absolute atomic E-state index is 0.0819. The lowest BCUT2D eigenvalue weighted by atomic mass is 10.1. The molecule has 0 aromatic heterocycles. The summed E-state index contributed by atoms with van der Waals surface area (Å²) in [5.74, 6) is 0.399.